The summed E-state index contributed by atoms with van der Waals surface area (Å²) in [6.07, 6.45) is 3.62. The van der Waals surface area contributed by atoms with E-state index in [9.17, 15) is 0 Å². The van der Waals surface area contributed by atoms with Gasteiger partial charge in [-0.2, -0.15) is 5.26 Å². The van der Waals surface area contributed by atoms with Crippen LogP contribution in [-0.2, 0) is 7.05 Å². The highest BCUT2D eigenvalue weighted by Gasteiger charge is 2.22. The summed E-state index contributed by atoms with van der Waals surface area (Å²) in [6, 6.07) is 12.8. The molecule has 0 fully saturated rings. The van der Waals surface area contributed by atoms with Gasteiger partial charge in [0.05, 0.1) is 7.11 Å². The lowest BCUT2D eigenvalue weighted by Gasteiger charge is -2.21. The minimum absolute atomic E-state index is 0.270. The van der Waals surface area contributed by atoms with Gasteiger partial charge < -0.3 is 14.6 Å². The third-order valence-corrected chi connectivity index (χ3v) is 3.64. The number of anilines is 1. The molecule has 0 amide bonds. The number of aromatic nitrogens is 4. The number of nitrogens with zero attached hydrogens (tertiary/aromatic N) is 5. The Bertz CT molecular complexity index is 865. The Hall–Kier alpha value is -3.40. The molecule has 0 saturated carbocycles. The average molecular weight is 320 g/mol. The van der Waals surface area contributed by atoms with Crippen LogP contribution in [0, 0.1) is 11.3 Å². The van der Waals surface area contributed by atoms with Crippen molar-refractivity contribution in [2.75, 3.05) is 12.4 Å². The normalized spacial score (nSPS) is 11.5. The third-order valence-electron chi connectivity index (χ3n) is 3.64. The van der Waals surface area contributed by atoms with Crippen molar-refractivity contribution in [1.29, 1.82) is 5.26 Å². The molecule has 2 heterocycles. The van der Waals surface area contributed by atoms with Crippen molar-refractivity contribution in [3.63, 3.8) is 0 Å². The van der Waals surface area contributed by atoms with Gasteiger partial charge in [-0.3, -0.25) is 0 Å². The van der Waals surface area contributed by atoms with Gasteiger partial charge in [0, 0.05) is 25.0 Å². The summed E-state index contributed by atoms with van der Waals surface area (Å²) < 4.78 is 7.41. The molecule has 3 rings (SSSR count). The maximum Gasteiger partial charge on any atom is 0.163 e. The maximum absolute atomic E-state index is 8.84. The van der Waals surface area contributed by atoms with E-state index in [1.54, 1.807) is 25.4 Å². The number of hydrogen-bond donors (Lipinski definition) is 1. The molecule has 0 aliphatic carbocycles. The molecule has 2 aromatic heterocycles. The predicted octanol–water partition coefficient (Wildman–Crippen LogP) is 2.29. The summed E-state index contributed by atoms with van der Waals surface area (Å²) in [7, 11) is 3.56. The molecule has 0 bridgehead atoms. The molecule has 7 nitrogen and oxygen atoms in total. The Morgan fingerprint density at radius 2 is 2.04 bits per heavy atom. The summed E-state index contributed by atoms with van der Waals surface area (Å²) in [5, 5.41) is 20.1. The smallest absolute Gasteiger partial charge is 0.163 e. The van der Waals surface area contributed by atoms with Crippen molar-refractivity contribution in [3.05, 3.63) is 65.9 Å². The fourth-order valence-corrected chi connectivity index (χ4v) is 2.46. The Morgan fingerprint density at radius 3 is 2.67 bits per heavy atom. The molecule has 1 N–H and O–H groups in total. The average Bonchev–Trinajstić information content (AvgIpc) is 3.06. The first-order chi connectivity index (χ1) is 11.7. The summed E-state index contributed by atoms with van der Waals surface area (Å²) in [5.74, 6) is 2.11. The summed E-state index contributed by atoms with van der Waals surface area (Å²) in [5.41, 5.74) is 1.20. The number of imidazole rings is 1. The molecular weight excluding hydrogens is 304 g/mol. The molecule has 0 spiro atoms. The second-order valence-electron chi connectivity index (χ2n) is 5.13. The van der Waals surface area contributed by atoms with Crippen LogP contribution in [0.3, 0.4) is 0 Å². The first kappa shape index (κ1) is 15.5. The van der Waals surface area contributed by atoms with E-state index < -0.39 is 0 Å². The van der Waals surface area contributed by atoms with Crippen molar-refractivity contribution in [1.82, 2.24) is 19.7 Å². The van der Waals surface area contributed by atoms with Crippen LogP contribution in [-0.4, -0.2) is 26.9 Å². The monoisotopic (exact) mass is 320 g/mol. The highest BCUT2D eigenvalue weighted by atomic mass is 16.5. The highest BCUT2D eigenvalue weighted by Crippen LogP contribution is 2.31. The first-order valence-electron chi connectivity index (χ1n) is 7.33. The molecule has 0 aliphatic rings. The van der Waals surface area contributed by atoms with E-state index in [1.165, 1.54) is 0 Å². The minimum atomic E-state index is -0.275. The molecule has 0 aliphatic heterocycles. The summed E-state index contributed by atoms with van der Waals surface area (Å²) in [6.45, 7) is 0. The van der Waals surface area contributed by atoms with Crippen LogP contribution in [0.5, 0.6) is 5.75 Å². The van der Waals surface area contributed by atoms with Gasteiger partial charge in [0.15, 0.2) is 5.69 Å². The number of nitriles is 1. The lowest BCUT2D eigenvalue weighted by molar-refractivity contribution is 0.408. The molecule has 1 aromatic carbocycles. The van der Waals surface area contributed by atoms with E-state index in [-0.39, 0.29) is 11.7 Å². The Morgan fingerprint density at radius 1 is 1.21 bits per heavy atom. The maximum atomic E-state index is 8.84. The van der Waals surface area contributed by atoms with E-state index in [1.807, 2.05) is 48.1 Å². The lowest BCUT2D eigenvalue weighted by atomic mass is 10.0. The summed E-state index contributed by atoms with van der Waals surface area (Å²) in [4.78, 5) is 4.44. The fraction of sp³-hybridized carbons (Fsp3) is 0.176. The van der Waals surface area contributed by atoms with Crippen molar-refractivity contribution in [2.45, 2.75) is 6.04 Å². The van der Waals surface area contributed by atoms with Crippen molar-refractivity contribution in [2.24, 2.45) is 7.05 Å². The SMILES string of the molecule is COc1ccccc1C(Nc1ccc(C#N)nn1)c1nccn1C. The van der Waals surface area contributed by atoms with Gasteiger partial charge >= 0.3 is 0 Å². The van der Waals surface area contributed by atoms with Crippen LogP contribution >= 0.6 is 0 Å². The zero-order valence-corrected chi connectivity index (χ0v) is 13.3. The van der Waals surface area contributed by atoms with E-state index in [0.717, 1.165) is 17.1 Å². The van der Waals surface area contributed by atoms with Crippen molar-refractivity contribution < 1.29 is 4.74 Å². The van der Waals surface area contributed by atoms with Crippen LogP contribution in [0.1, 0.15) is 23.1 Å². The van der Waals surface area contributed by atoms with E-state index in [4.69, 9.17) is 10.00 Å². The molecule has 0 radical (unpaired) electrons. The van der Waals surface area contributed by atoms with Gasteiger partial charge in [0.1, 0.15) is 29.5 Å². The summed E-state index contributed by atoms with van der Waals surface area (Å²) >= 11 is 0. The lowest BCUT2D eigenvalue weighted by Crippen LogP contribution is -2.18. The highest BCUT2D eigenvalue weighted by molar-refractivity contribution is 5.46. The predicted molar refractivity (Wildman–Crippen MR) is 88.4 cm³/mol. The van der Waals surface area contributed by atoms with E-state index in [0.29, 0.717) is 5.82 Å². The number of ether oxygens (including phenoxy) is 1. The van der Waals surface area contributed by atoms with Gasteiger partial charge in [-0.05, 0) is 18.2 Å². The zero-order valence-electron chi connectivity index (χ0n) is 13.3. The van der Waals surface area contributed by atoms with Crippen LogP contribution in [0.25, 0.3) is 0 Å². The van der Waals surface area contributed by atoms with Crippen molar-refractivity contribution >= 4 is 5.82 Å². The number of benzene rings is 1. The van der Waals surface area contributed by atoms with E-state index in [2.05, 4.69) is 20.5 Å². The van der Waals surface area contributed by atoms with E-state index >= 15 is 0 Å². The van der Waals surface area contributed by atoms with Crippen molar-refractivity contribution in [3.8, 4) is 11.8 Å². The number of aryl methyl sites for hydroxylation is 1. The molecule has 3 aromatic rings. The molecular formula is C17H16N6O. The molecule has 24 heavy (non-hydrogen) atoms. The van der Waals surface area contributed by atoms with Gasteiger partial charge in [0.25, 0.3) is 0 Å². The Balaban J connectivity index is 2.02. The third kappa shape index (κ3) is 3.03. The quantitative estimate of drug-likeness (QED) is 0.776. The second-order valence-corrected chi connectivity index (χ2v) is 5.13. The van der Waals surface area contributed by atoms with Crippen LogP contribution < -0.4 is 10.1 Å². The van der Waals surface area contributed by atoms with Gasteiger partial charge in [0.2, 0.25) is 0 Å². The second kappa shape index (κ2) is 6.79. The molecule has 1 atom stereocenters. The number of nitrogens with one attached hydrogen (secondary N) is 1. The topological polar surface area (TPSA) is 88.7 Å². The van der Waals surface area contributed by atoms with Crippen LogP contribution in [0.2, 0.25) is 0 Å². The molecule has 7 heteroatoms. The first-order valence-corrected chi connectivity index (χ1v) is 7.33. The van der Waals surface area contributed by atoms with Gasteiger partial charge in [-0.1, -0.05) is 18.2 Å². The number of methoxy groups -OCH3 is 1. The fourth-order valence-electron chi connectivity index (χ4n) is 2.46. The molecule has 0 saturated heterocycles. The Labute approximate surface area is 139 Å². The molecule has 1 unspecified atom stereocenters. The number of hydrogen-bond acceptors (Lipinski definition) is 6. The van der Waals surface area contributed by atoms with Gasteiger partial charge in [-0.25, -0.2) is 4.98 Å². The van der Waals surface area contributed by atoms with Gasteiger partial charge in [-0.15, -0.1) is 10.2 Å². The molecule has 120 valence electrons. The number of rotatable bonds is 5. The van der Waals surface area contributed by atoms with Crippen LogP contribution in [0.15, 0.2) is 48.8 Å². The minimum Gasteiger partial charge on any atom is -0.496 e. The number of para-hydroxylation sites is 1. The zero-order chi connectivity index (χ0) is 16.9. The largest absolute Gasteiger partial charge is 0.496 e. The van der Waals surface area contributed by atoms with Crippen LogP contribution in [0.4, 0.5) is 5.82 Å². The Kier molecular flexibility index (Phi) is 4.38. The standard InChI is InChI=1S/C17H16N6O/c1-23-10-9-19-17(23)16(13-5-3-4-6-14(13)24-2)20-15-8-7-12(11-18)21-22-15/h3-10,16H,1-2H3,(H,20,22).